The number of anilines is 1. The zero-order valence-corrected chi connectivity index (χ0v) is 22.1. The van der Waals surface area contributed by atoms with E-state index in [2.05, 4.69) is 21.8 Å². The SMILES string of the molecule is CCCN1CCN(C(=O)c2cn(CCC)nc2S(=O)(=O)N2CCN(c3ccccc3Cl)CC2)CC1. The Bertz CT molecular complexity index is 1120. The molecule has 35 heavy (non-hydrogen) atoms. The summed E-state index contributed by atoms with van der Waals surface area (Å²) in [5.74, 6) is -0.253. The average molecular weight is 523 g/mol. The molecule has 4 rings (SSSR count). The van der Waals surface area contributed by atoms with Crippen molar-refractivity contribution in [1.29, 1.82) is 0 Å². The zero-order valence-electron chi connectivity index (χ0n) is 20.6. The van der Waals surface area contributed by atoms with E-state index < -0.39 is 10.0 Å². The average Bonchev–Trinajstić information content (AvgIpc) is 3.30. The normalized spacial score (nSPS) is 18.3. The molecule has 2 aromatic rings. The molecule has 0 spiro atoms. The van der Waals surface area contributed by atoms with E-state index in [1.54, 1.807) is 15.8 Å². The summed E-state index contributed by atoms with van der Waals surface area (Å²) >= 11 is 6.34. The van der Waals surface area contributed by atoms with E-state index in [4.69, 9.17) is 11.6 Å². The number of nitrogens with zero attached hydrogens (tertiary/aromatic N) is 6. The maximum atomic E-state index is 13.7. The van der Waals surface area contributed by atoms with Crippen LogP contribution in [0.5, 0.6) is 0 Å². The Balaban J connectivity index is 1.52. The van der Waals surface area contributed by atoms with Crippen LogP contribution in [0.15, 0.2) is 35.5 Å². The van der Waals surface area contributed by atoms with E-state index in [9.17, 15) is 13.2 Å². The third-order valence-corrected chi connectivity index (χ3v) is 8.78. The molecule has 1 aromatic carbocycles. The Morgan fingerprint density at radius 2 is 1.60 bits per heavy atom. The van der Waals surface area contributed by atoms with Gasteiger partial charge in [-0.15, -0.1) is 0 Å². The summed E-state index contributed by atoms with van der Waals surface area (Å²) in [4.78, 5) is 19.6. The van der Waals surface area contributed by atoms with Crippen LogP contribution in [0.25, 0.3) is 0 Å². The predicted molar refractivity (Wildman–Crippen MR) is 138 cm³/mol. The Morgan fingerprint density at radius 3 is 2.23 bits per heavy atom. The molecule has 3 heterocycles. The first-order valence-electron chi connectivity index (χ1n) is 12.4. The van der Waals surface area contributed by atoms with Gasteiger partial charge in [0.1, 0.15) is 0 Å². The third kappa shape index (κ3) is 5.66. The summed E-state index contributed by atoms with van der Waals surface area (Å²) in [6.45, 7) is 10.1. The number of benzene rings is 1. The van der Waals surface area contributed by atoms with Crippen molar-refractivity contribution >= 4 is 33.2 Å². The van der Waals surface area contributed by atoms with Crippen LogP contribution in [0, 0.1) is 0 Å². The molecule has 11 heteroatoms. The van der Waals surface area contributed by atoms with Crippen LogP contribution < -0.4 is 4.90 Å². The first kappa shape index (κ1) is 25.9. The smallest absolute Gasteiger partial charge is 0.263 e. The highest BCUT2D eigenvalue weighted by atomic mass is 35.5. The number of hydrogen-bond donors (Lipinski definition) is 0. The van der Waals surface area contributed by atoms with Crippen molar-refractivity contribution in [2.45, 2.75) is 38.3 Å². The van der Waals surface area contributed by atoms with Gasteiger partial charge < -0.3 is 9.80 Å². The molecule has 0 saturated carbocycles. The topological polar surface area (TPSA) is 82.0 Å². The van der Waals surface area contributed by atoms with Gasteiger partial charge >= 0.3 is 0 Å². The molecule has 0 N–H and O–H groups in total. The molecule has 0 radical (unpaired) electrons. The number of sulfonamides is 1. The second-order valence-electron chi connectivity index (χ2n) is 9.09. The Labute approximate surface area is 213 Å². The molecule has 0 bridgehead atoms. The molecule has 2 aliphatic rings. The highest BCUT2D eigenvalue weighted by Gasteiger charge is 2.36. The third-order valence-electron chi connectivity index (χ3n) is 6.63. The van der Waals surface area contributed by atoms with Crippen LogP contribution in [0.2, 0.25) is 5.02 Å². The van der Waals surface area contributed by atoms with E-state index in [1.807, 2.05) is 31.2 Å². The number of para-hydroxylation sites is 1. The van der Waals surface area contributed by atoms with Crippen LogP contribution in [-0.2, 0) is 16.6 Å². The fourth-order valence-electron chi connectivity index (χ4n) is 4.75. The predicted octanol–water partition coefficient (Wildman–Crippen LogP) is 2.63. The van der Waals surface area contributed by atoms with Crippen molar-refractivity contribution < 1.29 is 13.2 Å². The van der Waals surface area contributed by atoms with Crippen molar-refractivity contribution in [2.75, 3.05) is 63.8 Å². The largest absolute Gasteiger partial charge is 0.368 e. The Hall–Kier alpha value is -2.14. The van der Waals surface area contributed by atoms with Gasteiger partial charge in [-0.1, -0.05) is 37.6 Å². The molecular weight excluding hydrogens is 488 g/mol. The van der Waals surface area contributed by atoms with Crippen molar-refractivity contribution in [2.24, 2.45) is 0 Å². The number of aromatic nitrogens is 2. The summed E-state index contributed by atoms with van der Waals surface area (Å²) in [7, 11) is -3.93. The molecule has 0 unspecified atom stereocenters. The molecule has 0 atom stereocenters. The van der Waals surface area contributed by atoms with Gasteiger partial charge in [-0.2, -0.15) is 9.40 Å². The molecule has 1 aromatic heterocycles. The standard InChI is InChI=1S/C24H35ClN6O3S/c1-3-9-27-11-13-29(14-12-27)24(32)20-19-30(10-4-2)26-23(20)35(33,34)31-17-15-28(16-18-31)22-8-6-5-7-21(22)25/h5-8,19H,3-4,9-18H2,1-2H3. The van der Waals surface area contributed by atoms with Crippen LogP contribution >= 0.6 is 11.6 Å². The van der Waals surface area contributed by atoms with Crippen LogP contribution in [0.1, 0.15) is 37.0 Å². The maximum Gasteiger partial charge on any atom is 0.263 e. The quantitative estimate of drug-likeness (QED) is 0.530. The Morgan fingerprint density at radius 1 is 0.943 bits per heavy atom. The molecule has 0 aliphatic carbocycles. The molecule has 1 amide bonds. The second kappa shape index (κ2) is 11.3. The van der Waals surface area contributed by atoms with E-state index in [0.717, 1.165) is 38.2 Å². The lowest BCUT2D eigenvalue weighted by molar-refractivity contribution is 0.0633. The minimum absolute atomic E-state index is 0.127. The number of piperazine rings is 2. The number of carbonyl (C=O) groups is 1. The molecule has 2 aliphatic heterocycles. The maximum absolute atomic E-state index is 13.7. The van der Waals surface area contributed by atoms with Gasteiger partial charge in [-0.05, 0) is 31.5 Å². The van der Waals surface area contributed by atoms with Gasteiger partial charge in [0.25, 0.3) is 15.9 Å². The van der Waals surface area contributed by atoms with Crippen LogP contribution in [-0.4, -0.2) is 97.1 Å². The monoisotopic (exact) mass is 522 g/mol. The number of amides is 1. The van der Waals surface area contributed by atoms with Crippen molar-refractivity contribution in [1.82, 2.24) is 23.9 Å². The highest BCUT2D eigenvalue weighted by molar-refractivity contribution is 7.89. The van der Waals surface area contributed by atoms with E-state index in [0.29, 0.717) is 50.8 Å². The van der Waals surface area contributed by atoms with Gasteiger partial charge in [-0.25, -0.2) is 8.42 Å². The number of hydrogen-bond acceptors (Lipinski definition) is 6. The Kier molecular flexibility index (Phi) is 8.36. The summed E-state index contributed by atoms with van der Waals surface area (Å²) in [5, 5.41) is 4.91. The highest BCUT2D eigenvalue weighted by Crippen LogP contribution is 2.28. The number of rotatable bonds is 8. The number of carbonyl (C=O) groups excluding carboxylic acids is 1. The van der Waals surface area contributed by atoms with Gasteiger partial charge in [0.15, 0.2) is 0 Å². The minimum Gasteiger partial charge on any atom is -0.368 e. The van der Waals surface area contributed by atoms with Gasteiger partial charge in [0.05, 0.1) is 16.3 Å². The second-order valence-corrected chi connectivity index (χ2v) is 11.3. The minimum atomic E-state index is -3.93. The van der Waals surface area contributed by atoms with Gasteiger partial charge in [0, 0.05) is 65.1 Å². The lowest BCUT2D eigenvalue weighted by Gasteiger charge is -2.36. The first-order valence-corrected chi connectivity index (χ1v) is 14.3. The summed E-state index contributed by atoms with van der Waals surface area (Å²) in [6, 6.07) is 7.57. The van der Waals surface area contributed by atoms with Crippen molar-refractivity contribution in [3.63, 3.8) is 0 Å². The van der Waals surface area contributed by atoms with Crippen LogP contribution in [0.4, 0.5) is 5.69 Å². The lowest BCUT2D eigenvalue weighted by atomic mass is 10.2. The van der Waals surface area contributed by atoms with Gasteiger partial charge in [0.2, 0.25) is 5.03 Å². The summed E-state index contributed by atoms with van der Waals surface area (Å²) in [6.07, 6.45) is 3.47. The molecule has 2 saturated heterocycles. The van der Waals surface area contributed by atoms with E-state index >= 15 is 0 Å². The zero-order chi connectivity index (χ0) is 25.0. The van der Waals surface area contributed by atoms with E-state index in [1.165, 1.54) is 4.31 Å². The summed E-state index contributed by atoms with van der Waals surface area (Å²) < 4.78 is 30.4. The first-order chi connectivity index (χ1) is 16.8. The number of aryl methyl sites for hydroxylation is 1. The van der Waals surface area contributed by atoms with Crippen molar-refractivity contribution in [3.05, 3.63) is 41.0 Å². The fraction of sp³-hybridized carbons (Fsp3) is 0.583. The fourth-order valence-corrected chi connectivity index (χ4v) is 6.52. The van der Waals surface area contributed by atoms with Gasteiger partial charge in [-0.3, -0.25) is 14.4 Å². The van der Waals surface area contributed by atoms with E-state index in [-0.39, 0.29) is 16.5 Å². The molecular formula is C24H35ClN6O3S. The lowest BCUT2D eigenvalue weighted by Crippen LogP contribution is -2.50. The molecule has 192 valence electrons. The molecule has 9 nitrogen and oxygen atoms in total. The van der Waals surface area contributed by atoms with Crippen LogP contribution in [0.3, 0.4) is 0 Å². The number of halogens is 1. The van der Waals surface area contributed by atoms with Crippen molar-refractivity contribution in [3.8, 4) is 0 Å². The summed E-state index contributed by atoms with van der Waals surface area (Å²) in [5.41, 5.74) is 1.08. The molecule has 2 fully saturated rings.